The summed E-state index contributed by atoms with van der Waals surface area (Å²) in [6.45, 7) is 1.93. The van der Waals surface area contributed by atoms with E-state index in [-0.39, 0.29) is 29.7 Å². The summed E-state index contributed by atoms with van der Waals surface area (Å²) < 4.78 is 0. The van der Waals surface area contributed by atoms with Gasteiger partial charge in [-0.25, -0.2) is 4.98 Å². The van der Waals surface area contributed by atoms with Gasteiger partial charge in [-0.2, -0.15) is 0 Å². The Bertz CT molecular complexity index is 1030. The number of nitrogens with one attached hydrogen (secondary N) is 3. The number of benzene rings is 1. The summed E-state index contributed by atoms with van der Waals surface area (Å²) in [5.41, 5.74) is 1.52. The molecule has 2 aromatic rings. The van der Waals surface area contributed by atoms with Gasteiger partial charge in [0, 0.05) is 18.3 Å². The Hall–Kier alpha value is -3.26. The molecule has 35 heavy (non-hydrogen) atoms. The quantitative estimate of drug-likeness (QED) is 0.542. The third-order valence-electron chi connectivity index (χ3n) is 7.16. The van der Waals surface area contributed by atoms with Crippen LogP contribution in [-0.2, 0) is 20.8 Å². The molecule has 0 bridgehead atoms. The molecule has 186 valence electrons. The second kappa shape index (κ2) is 11.4. The van der Waals surface area contributed by atoms with Crippen LogP contribution < -0.4 is 20.9 Å². The van der Waals surface area contributed by atoms with Crippen LogP contribution in [0.25, 0.3) is 0 Å². The third kappa shape index (κ3) is 5.53. The summed E-state index contributed by atoms with van der Waals surface area (Å²) in [5.74, 6) is -0.189. The predicted molar refractivity (Wildman–Crippen MR) is 136 cm³/mol. The van der Waals surface area contributed by atoms with Crippen molar-refractivity contribution >= 4 is 29.2 Å². The van der Waals surface area contributed by atoms with Gasteiger partial charge in [0.25, 0.3) is 5.91 Å². The van der Waals surface area contributed by atoms with Crippen molar-refractivity contribution in [3.63, 3.8) is 0 Å². The predicted octanol–water partition coefficient (Wildman–Crippen LogP) is 3.04. The van der Waals surface area contributed by atoms with E-state index in [4.69, 9.17) is 0 Å². The molecule has 1 saturated carbocycles. The second-order valence-corrected chi connectivity index (χ2v) is 9.40. The van der Waals surface area contributed by atoms with E-state index in [1.54, 1.807) is 13.2 Å². The van der Waals surface area contributed by atoms with Crippen molar-refractivity contribution in [1.29, 1.82) is 0 Å². The van der Waals surface area contributed by atoms with Crippen molar-refractivity contribution < 1.29 is 14.4 Å². The highest BCUT2D eigenvalue weighted by Gasteiger charge is 2.44. The molecule has 3 N–H and O–H groups in total. The molecule has 1 aliphatic heterocycles. The fourth-order valence-electron chi connectivity index (χ4n) is 5.24. The largest absolute Gasteiger partial charge is 0.343 e. The first-order valence-corrected chi connectivity index (χ1v) is 12.6. The van der Waals surface area contributed by atoms with E-state index in [1.807, 2.05) is 49.4 Å². The topological polar surface area (TPSA) is 103 Å². The maximum absolute atomic E-state index is 14.2. The summed E-state index contributed by atoms with van der Waals surface area (Å²) in [6.07, 6.45) is 7.57. The van der Waals surface area contributed by atoms with Gasteiger partial charge in [-0.1, -0.05) is 50.5 Å². The number of fused-ring (bicyclic) bond motifs is 1. The number of hydrogen-bond acceptors (Lipinski definition) is 5. The Balaban J connectivity index is 1.64. The van der Waals surface area contributed by atoms with Gasteiger partial charge in [0.2, 0.25) is 11.8 Å². The van der Waals surface area contributed by atoms with Crippen molar-refractivity contribution in [3.05, 3.63) is 54.2 Å². The lowest BCUT2D eigenvalue weighted by Gasteiger charge is -2.35. The molecule has 0 saturated heterocycles. The molecule has 2 heterocycles. The molecule has 3 atom stereocenters. The highest BCUT2D eigenvalue weighted by atomic mass is 16.2. The molecule has 0 radical (unpaired) electrons. The summed E-state index contributed by atoms with van der Waals surface area (Å²) in [4.78, 5) is 46.6. The minimum atomic E-state index is -0.734. The maximum Gasteiger partial charge on any atom is 0.251 e. The van der Waals surface area contributed by atoms with E-state index in [2.05, 4.69) is 20.9 Å². The van der Waals surface area contributed by atoms with Crippen LogP contribution in [0.15, 0.2) is 48.7 Å². The molecule has 1 aromatic heterocycles. The summed E-state index contributed by atoms with van der Waals surface area (Å²) in [7, 11) is 1.75. The van der Waals surface area contributed by atoms with E-state index >= 15 is 0 Å². The summed E-state index contributed by atoms with van der Waals surface area (Å²) in [6, 6.07) is 11.1. The van der Waals surface area contributed by atoms with Crippen molar-refractivity contribution in [1.82, 2.24) is 15.6 Å². The van der Waals surface area contributed by atoms with Gasteiger partial charge in [-0.15, -0.1) is 0 Å². The normalized spacial score (nSPS) is 19.5. The average Bonchev–Trinajstić information content (AvgIpc) is 3.28. The number of carbonyl (C=O) groups is 3. The standard InChI is InChI=1S/C27H35N5O3/c1-3-21(28-2)25(33)31-23(18-11-6-4-7-12-18)27(35)32-22(17-19-13-10-16-29-24(19)32)26(34)30-20-14-8-5-9-15-20/h5,8-10,13-16,18,21-23,28H,3-4,6-7,11-12,17H2,1-2H3,(H,30,34)(H,31,33)/t21-,22+,23-/m0/s1. The van der Waals surface area contributed by atoms with Gasteiger partial charge < -0.3 is 16.0 Å². The van der Waals surface area contributed by atoms with Crippen LogP contribution in [0.2, 0.25) is 0 Å². The van der Waals surface area contributed by atoms with E-state index < -0.39 is 12.1 Å². The molecule has 1 aromatic carbocycles. The van der Waals surface area contributed by atoms with Crippen LogP contribution in [-0.4, -0.2) is 47.9 Å². The second-order valence-electron chi connectivity index (χ2n) is 9.40. The zero-order valence-electron chi connectivity index (χ0n) is 20.5. The van der Waals surface area contributed by atoms with Crippen molar-refractivity contribution in [2.75, 3.05) is 17.3 Å². The minimum Gasteiger partial charge on any atom is -0.343 e. The van der Waals surface area contributed by atoms with Gasteiger partial charge in [0.1, 0.15) is 17.9 Å². The van der Waals surface area contributed by atoms with Crippen LogP contribution in [0.5, 0.6) is 0 Å². The molecule has 8 nitrogen and oxygen atoms in total. The molecule has 0 spiro atoms. The molecule has 2 aliphatic rings. The van der Waals surface area contributed by atoms with Crippen LogP contribution in [0.4, 0.5) is 11.5 Å². The Labute approximate surface area is 206 Å². The van der Waals surface area contributed by atoms with Crippen molar-refractivity contribution in [2.45, 2.75) is 70.0 Å². The van der Waals surface area contributed by atoms with Gasteiger partial charge in [-0.05, 0) is 56.0 Å². The minimum absolute atomic E-state index is 0.0279. The molecule has 4 rings (SSSR count). The molecular weight excluding hydrogens is 442 g/mol. The first-order chi connectivity index (χ1) is 17.0. The summed E-state index contributed by atoms with van der Waals surface area (Å²) in [5, 5.41) is 9.02. The van der Waals surface area contributed by atoms with Crippen LogP contribution in [0, 0.1) is 5.92 Å². The Morgan fingerprint density at radius 3 is 2.49 bits per heavy atom. The first kappa shape index (κ1) is 24.9. The molecule has 1 aliphatic carbocycles. The molecule has 8 heteroatoms. The lowest BCUT2D eigenvalue weighted by molar-refractivity contribution is -0.131. The van der Waals surface area contributed by atoms with Gasteiger partial charge >= 0.3 is 0 Å². The van der Waals surface area contributed by atoms with E-state index in [0.29, 0.717) is 24.3 Å². The average molecular weight is 478 g/mol. The van der Waals surface area contributed by atoms with Crippen LogP contribution in [0.3, 0.4) is 0 Å². The highest BCUT2D eigenvalue weighted by Crippen LogP contribution is 2.34. The van der Waals surface area contributed by atoms with Crippen molar-refractivity contribution in [2.24, 2.45) is 5.92 Å². The van der Waals surface area contributed by atoms with Crippen LogP contribution in [0.1, 0.15) is 51.0 Å². The Kier molecular flexibility index (Phi) is 8.13. The third-order valence-corrected chi connectivity index (χ3v) is 7.16. The number of carbonyl (C=O) groups excluding carboxylic acids is 3. The van der Waals surface area contributed by atoms with Crippen molar-refractivity contribution in [3.8, 4) is 0 Å². The van der Waals surface area contributed by atoms with E-state index in [1.165, 1.54) is 4.90 Å². The molecule has 3 amide bonds. The van der Waals surface area contributed by atoms with E-state index in [0.717, 1.165) is 37.7 Å². The monoisotopic (exact) mass is 477 g/mol. The lowest BCUT2D eigenvalue weighted by Crippen LogP contribution is -2.59. The zero-order chi connectivity index (χ0) is 24.8. The molecular formula is C27H35N5O3. The smallest absolute Gasteiger partial charge is 0.251 e. The number of likely N-dealkylation sites (N-methyl/N-ethyl adjacent to an activating group) is 1. The number of hydrogen-bond donors (Lipinski definition) is 3. The summed E-state index contributed by atoms with van der Waals surface area (Å²) >= 11 is 0. The van der Waals surface area contributed by atoms with Gasteiger partial charge in [-0.3, -0.25) is 19.3 Å². The lowest BCUT2D eigenvalue weighted by atomic mass is 9.83. The number of aromatic nitrogens is 1. The number of para-hydroxylation sites is 1. The SMILES string of the molecule is CC[C@H](NC)C(=O)N[C@H](C(=O)N1c2ncccc2C[C@@H]1C(=O)Nc1ccccc1)C1CCCCC1. The maximum atomic E-state index is 14.2. The number of pyridine rings is 1. The van der Waals surface area contributed by atoms with Crippen LogP contribution >= 0.6 is 0 Å². The Morgan fingerprint density at radius 1 is 1.06 bits per heavy atom. The highest BCUT2D eigenvalue weighted by molar-refractivity contribution is 6.09. The fourth-order valence-corrected chi connectivity index (χ4v) is 5.24. The Morgan fingerprint density at radius 2 is 1.80 bits per heavy atom. The first-order valence-electron chi connectivity index (χ1n) is 12.6. The number of anilines is 2. The molecule has 1 fully saturated rings. The van der Waals surface area contributed by atoms with E-state index in [9.17, 15) is 14.4 Å². The molecule has 0 unspecified atom stereocenters. The number of nitrogens with zero attached hydrogens (tertiary/aromatic N) is 2. The van der Waals surface area contributed by atoms with Gasteiger partial charge in [0.15, 0.2) is 0 Å². The number of rotatable bonds is 8. The zero-order valence-corrected chi connectivity index (χ0v) is 20.5. The number of amides is 3. The fraction of sp³-hybridized carbons (Fsp3) is 0.481. The van der Waals surface area contributed by atoms with Gasteiger partial charge in [0.05, 0.1) is 6.04 Å².